The number of benzene rings is 3. The van der Waals surface area contributed by atoms with E-state index in [0.717, 1.165) is 20.8 Å². The lowest BCUT2D eigenvalue weighted by Gasteiger charge is -2.16. The maximum atomic E-state index is 10.7. The first-order valence-electron chi connectivity index (χ1n) is 6.80. The van der Waals surface area contributed by atoms with Crippen LogP contribution in [0.3, 0.4) is 0 Å². The van der Waals surface area contributed by atoms with Crippen LogP contribution in [0.15, 0.2) is 64.0 Å². The highest BCUT2D eigenvalue weighted by molar-refractivity contribution is 9.10. The van der Waals surface area contributed by atoms with Gasteiger partial charge in [-0.1, -0.05) is 63.9 Å². The second-order valence-electron chi connectivity index (χ2n) is 4.98. The number of thioether (sulfide) groups is 1. The van der Waals surface area contributed by atoms with Gasteiger partial charge in [-0.05, 0) is 35.4 Å². The van der Waals surface area contributed by atoms with Crippen molar-refractivity contribution < 1.29 is 5.11 Å². The molecule has 0 spiro atoms. The molecule has 112 valence electrons. The van der Waals surface area contributed by atoms with Gasteiger partial charge in [-0.2, -0.15) is 0 Å². The van der Waals surface area contributed by atoms with Gasteiger partial charge in [0.05, 0.1) is 5.02 Å². The quantitative estimate of drug-likeness (QED) is 0.546. The molecule has 0 saturated carbocycles. The minimum atomic E-state index is -0.746. The minimum Gasteiger partial charge on any atom is -0.384 e. The van der Waals surface area contributed by atoms with E-state index in [9.17, 15) is 5.11 Å². The number of rotatable bonds is 3. The van der Waals surface area contributed by atoms with Crippen LogP contribution < -0.4 is 0 Å². The minimum absolute atomic E-state index is 0.597. The Labute approximate surface area is 147 Å². The summed E-state index contributed by atoms with van der Waals surface area (Å²) >= 11 is 11.8. The van der Waals surface area contributed by atoms with Gasteiger partial charge in [0.1, 0.15) is 6.10 Å². The van der Waals surface area contributed by atoms with Crippen molar-refractivity contribution in [1.82, 2.24) is 0 Å². The van der Waals surface area contributed by atoms with Crippen LogP contribution >= 0.6 is 39.3 Å². The Bertz CT molecular complexity index is 817. The molecule has 0 aromatic heterocycles. The molecule has 1 nitrogen and oxygen atoms in total. The maximum absolute atomic E-state index is 10.7. The van der Waals surface area contributed by atoms with Gasteiger partial charge in [0.15, 0.2) is 0 Å². The predicted molar refractivity (Wildman–Crippen MR) is 98.9 cm³/mol. The summed E-state index contributed by atoms with van der Waals surface area (Å²) in [5.41, 5.74) is 1.55. The molecule has 0 aliphatic carbocycles. The lowest BCUT2D eigenvalue weighted by molar-refractivity contribution is 0.220. The highest BCUT2D eigenvalue weighted by Crippen LogP contribution is 2.38. The number of fused-ring (bicyclic) bond motifs is 1. The Morgan fingerprint density at radius 3 is 2.32 bits per heavy atom. The van der Waals surface area contributed by atoms with Crippen LogP contribution in [0.5, 0.6) is 0 Å². The third-order valence-corrected chi connectivity index (χ3v) is 5.50. The molecular formula is C18H14BrClOS. The second-order valence-corrected chi connectivity index (χ2v) is 7.09. The van der Waals surface area contributed by atoms with E-state index < -0.39 is 6.10 Å². The normalized spacial score (nSPS) is 12.5. The molecule has 1 unspecified atom stereocenters. The zero-order chi connectivity index (χ0) is 15.7. The van der Waals surface area contributed by atoms with Gasteiger partial charge in [-0.3, -0.25) is 0 Å². The summed E-state index contributed by atoms with van der Waals surface area (Å²) < 4.78 is 0.933. The van der Waals surface area contributed by atoms with Crippen molar-refractivity contribution >= 4 is 50.1 Å². The molecule has 4 heteroatoms. The van der Waals surface area contributed by atoms with Gasteiger partial charge in [0, 0.05) is 20.3 Å². The number of aliphatic hydroxyl groups is 1. The Hall–Kier alpha value is -1.00. The van der Waals surface area contributed by atoms with Crippen LogP contribution in [-0.4, -0.2) is 11.4 Å². The second kappa shape index (κ2) is 6.63. The van der Waals surface area contributed by atoms with Crippen molar-refractivity contribution in [3.63, 3.8) is 0 Å². The van der Waals surface area contributed by atoms with Crippen LogP contribution in [0.25, 0.3) is 10.8 Å². The molecule has 0 bridgehead atoms. The van der Waals surface area contributed by atoms with Crippen LogP contribution in [0.4, 0.5) is 0 Å². The molecule has 0 saturated heterocycles. The molecule has 0 aliphatic rings. The van der Waals surface area contributed by atoms with Crippen LogP contribution in [0.2, 0.25) is 5.02 Å². The van der Waals surface area contributed by atoms with Gasteiger partial charge in [0.25, 0.3) is 0 Å². The average Bonchev–Trinajstić information content (AvgIpc) is 2.57. The molecular weight excluding hydrogens is 380 g/mol. The number of hydrogen-bond donors (Lipinski definition) is 1. The van der Waals surface area contributed by atoms with E-state index in [1.807, 2.05) is 60.9 Å². The lowest BCUT2D eigenvalue weighted by Crippen LogP contribution is -2.01. The van der Waals surface area contributed by atoms with Crippen LogP contribution in [0.1, 0.15) is 17.2 Å². The summed E-state index contributed by atoms with van der Waals surface area (Å²) in [6.07, 6.45) is 1.28. The van der Waals surface area contributed by atoms with E-state index in [-0.39, 0.29) is 0 Å². The first-order chi connectivity index (χ1) is 10.6. The van der Waals surface area contributed by atoms with Crippen LogP contribution in [0, 0.1) is 0 Å². The molecule has 0 radical (unpaired) electrons. The Kier molecular flexibility index (Phi) is 4.79. The largest absolute Gasteiger partial charge is 0.384 e. The maximum Gasteiger partial charge on any atom is 0.106 e. The van der Waals surface area contributed by atoms with E-state index in [1.165, 1.54) is 4.90 Å². The number of hydrogen-bond acceptors (Lipinski definition) is 2. The summed E-state index contributed by atoms with van der Waals surface area (Å²) in [6, 6.07) is 17.7. The Morgan fingerprint density at radius 1 is 1.05 bits per heavy atom. The lowest BCUT2D eigenvalue weighted by atomic mass is 9.98. The van der Waals surface area contributed by atoms with Gasteiger partial charge in [-0.25, -0.2) is 0 Å². The van der Waals surface area contributed by atoms with Gasteiger partial charge >= 0.3 is 0 Å². The fourth-order valence-electron chi connectivity index (χ4n) is 2.48. The topological polar surface area (TPSA) is 20.2 Å². The van der Waals surface area contributed by atoms with Crippen molar-refractivity contribution in [2.24, 2.45) is 0 Å². The molecule has 1 N–H and O–H groups in total. The van der Waals surface area contributed by atoms with E-state index in [1.54, 1.807) is 11.8 Å². The third-order valence-electron chi connectivity index (χ3n) is 3.68. The first-order valence-corrected chi connectivity index (χ1v) is 9.20. The zero-order valence-corrected chi connectivity index (χ0v) is 15.0. The van der Waals surface area contributed by atoms with E-state index in [2.05, 4.69) is 15.9 Å². The number of aliphatic hydroxyl groups excluding tert-OH is 1. The summed E-state index contributed by atoms with van der Waals surface area (Å²) in [5.74, 6) is 0. The molecule has 3 aromatic rings. The zero-order valence-electron chi connectivity index (χ0n) is 11.9. The predicted octanol–water partition coefficient (Wildman–Crippen LogP) is 6.06. The molecule has 3 aromatic carbocycles. The average molecular weight is 394 g/mol. The standard InChI is InChI=1S/C18H14BrClOS/c1-22-12-8-6-11(7-9-12)18(21)15-10-16(19)13-4-2-3-5-14(13)17(15)20/h2-10,18,21H,1H3. The molecule has 0 fully saturated rings. The summed E-state index contributed by atoms with van der Waals surface area (Å²) in [6.45, 7) is 0. The molecule has 0 amide bonds. The molecule has 3 rings (SSSR count). The van der Waals surface area contributed by atoms with Crippen molar-refractivity contribution in [1.29, 1.82) is 0 Å². The Morgan fingerprint density at radius 2 is 1.68 bits per heavy atom. The highest BCUT2D eigenvalue weighted by atomic mass is 79.9. The summed E-state index contributed by atoms with van der Waals surface area (Å²) in [5, 5.41) is 13.3. The van der Waals surface area contributed by atoms with Crippen molar-refractivity contribution in [2.75, 3.05) is 6.26 Å². The van der Waals surface area contributed by atoms with Gasteiger partial charge in [0.2, 0.25) is 0 Å². The monoisotopic (exact) mass is 392 g/mol. The van der Waals surface area contributed by atoms with Crippen molar-refractivity contribution in [3.05, 3.63) is 75.2 Å². The Balaban J connectivity index is 2.10. The van der Waals surface area contributed by atoms with Gasteiger partial charge < -0.3 is 5.11 Å². The fraction of sp³-hybridized carbons (Fsp3) is 0.111. The summed E-state index contributed by atoms with van der Waals surface area (Å²) in [7, 11) is 0. The van der Waals surface area contributed by atoms with Crippen molar-refractivity contribution in [3.8, 4) is 0 Å². The van der Waals surface area contributed by atoms with Crippen molar-refractivity contribution in [2.45, 2.75) is 11.0 Å². The van der Waals surface area contributed by atoms with E-state index in [4.69, 9.17) is 11.6 Å². The van der Waals surface area contributed by atoms with Gasteiger partial charge in [-0.15, -0.1) is 11.8 Å². The van der Waals surface area contributed by atoms with E-state index in [0.29, 0.717) is 10.6 Å². The number of halogens is 2. The SMILES string of the molecule is CSc1ccc(C(O)c2cc(Br)c3ccccc3c2Cl)cc1. The molecule has 0 aliphatic heterocycles. The fourth-order valence-corrected chi connectivity index (χ4v) is 3.80. The molecule has 22 heavy (non-hydrogen) atoms. The highest BCUT2D eigenvalue weighted by Gasteiger charge is 2.17. The smallest absolute Gasteiger partial charge is 0.106 e. The molecule has 1 atom stereocenters. The first kappa shape index (κ1) is 15.9. The molecule has 0 heterocycles. The van der Waals surface area contributed by atoms with E-state index >= 15 is 0 Å². The van der Waals surface area contributed by atoms with Crippen LogP contribution in [-0.2, 0) is 0 Å². The third kappa shape index (κ3) is 2.91. The summed E-state index contributed by atoms with van der Waals surface area (Å²) in [4.78, 5) is 1.17.